The number of carbonyl (C=O) groups is 4. The summed E-state index contributed by atoms with van der Waals surface area (Å²) >= 11 is 0. The van der Waals surface area contributed by atoms with Gasteiger partial charge in [0.15, 0.2) is 12.6 Å². The standard InChI is InChI=1S/C32H54N2O21/c1-13(38)33-20-15(40)9-32(31(47)48,54-27(20)22(43)16(41)10-35)55-28-23(44)17(11-36)51-30(25(28)46)53-26-18(12-37)52-29(21(24(26)45)34-14(2)39)50-8-6-4-5-7-19(42)49-3/h15-18,20-30,35-37,40-41,43-46H,4-12H2,1-3H3,(H,33,38)(H,34,39)(H,47,48)/t15-,16+,17+,18+,20+,21+,22+,23-,24+,25+,26+,27+,28-,29+,30-,32-/m0/s1. The quantitative estimate of drug-likeness (QED) is 0.0427. The summed E-state index contributed by atoms with van der Waals surface area (Å²) in [6.45, 7) is -0.639. The first kappa shape index (κ1) is 46.7. The van der Waals surface area contributed by atoms with Crippen molar-refractivity contribution in [2.75, 3.05) is 33.5 Å². The Kier molecular flexibility index (Phi) is 17.9. The maximum Gasteiger partial charge on any atom is 0.364 e. The molecule has 3 aliphatic heterocycles. The van der Waals surface area contributed by atoms with E-state index in [-0.39, 0.29) is 19.0 Å². The van der Waals surface area contributed by atoms with Gasteiger partial charge in [-0.2, -0.15) is 0 Å². The van der Waals surface area contributed by atoms with Gasteiger partial charge in [-0.25, -0.2) is 4.79 Å². The number of unbranched alkanes of at least 4 members (excludes halogenated alkanes) is 2. The highest BCUT2D eigenvalue weighted by Crippen LogP contribution is 2.38. The van der Waals surface area contributed by atoms with Crippen molar-refractivity contribution in [3.8, 4) is 0 Å². The summed E-state index contributed by atoms with van der Waals surface area (Å²) in [6, 6.07) is -2.90. The van der Waals surface area contributed by atoms with Crippen molar-refractivity contribution in [2.24, 2.45) is 0 Å². The first-order chi connectivity index (χ1) is 25.9. The molecule has 12 N–H and O–H groups in total. The van der Waals surface area contributed by atoms with Crippen molar-refractivity contribution in [3.63, 3.8) is 0 Å². The van der Waals surface area contributed by atoms with Crippen molar-refractivity contribution < 1.29 is 103 Å². The summed E-state index contributed by atoms with van der Waals surface area (Å²) in [5, 5.41) is 111. The first-order valence-electron chi connectivity index (χ1n) is 17.6. The van der Waals surface area contributed by atoms with Crippen LogP contribution in [0, 0.1) is 0 Å². The monoisotopic (exact) mass is 802 g/mol. The molecule has 16 atom stereocenters. The molecule has 0 bridgehead atoms. The fourth-order valence-electron chi connectivity index (χ4n) is 6.54. The number of rotatable bonds is 19. The van der Waals surface area contributed by atoms with Crippen LogP contribution in [-0.4, -0.2) is 206 Å². The molecule has 0 unspecified atom stereocenters. The summed E-state index contributed by atoms with van der Waals surface area (Å²) in [6.07, 6.45) is -23.5. The minimum atomic E-state index is -3.05. The molecule has 0 aliphatic carbocycles. The van der Waals surface area contributed by atoms with Crippen LogP contribution < -0.4 is 10.6 Å². The van der Waals surface area contributed by atoms with Crippen LogP contribution in [0.15, 0.2) is 0 Å². The lowest BCUT2D eigenvalue weighted by atomic mass is 9.88. The van der Waals surface area contributed by atoms with Crippen LogP contribution in [0.2, 0.25) is 0 Å². The van der Waals surface area contributed by atoms with E-state index in [0.29, 0.717) is 19.3 Å². The molecule has 2 amide bonds. The summed E-state index contributed by atoms with van der Waals surface area (Å²) in [7, 11) is 1.27. The van der Waals surface area contributed by atoms with Gasteiger partial charge in [-0.1, -0.05) is 6.42 Å². The molecule has 3 fully saturated rings. The molecule has 318 valence electrons. The number of aliphatic hydroxyl groups excluding tert-OH is 9. The Labute approximate surface area is 315 Å². The first-order valence-corrected chi connectivity index (χ1v) is 17.6. The minimum Gasteiger partial charge on any atom is -0.477 e. The second kappa shape index (κ2) is 21.2. The van der Waals surface area contributed by atoms with Gasteiger partial charge in [0.05, 0.1) is 39.1 Å². The third-order valence-corrected chi connectivity index (χ3v) is 9.38. The molecule has 0 radical (unpaired) electrons. The van der Waals surface area contributed by atoms with E-state index in [1.807, 2.05) is 0 Å². The van der Waals surface area contributed by atoms with E-state index in [0.717, 1.165) is 13.8 Å². The molecular formula is C32H54N2O21. The second-order valence-corrected chi connectivity index (χ2v) is 13.5. The Morgan fingerprint density at radius 3 is 2.00 bits per heavy atom. The number of amides is 2. The van der Waals surface area contributed by atoms with Crippen molar-refractivity contribution in [1.82, 2.24) is 10.6 Å². The van der Waals surface area contributed by atoms with E-state index in [1.54, 1.807) is 0 Å². The Balaban J connectivity index is 1.87. The topological polar surface area (TPSA) is 359 Å². The zero-order valence-corrected chi connectivity index (χ0v) is 30.5. The minimum absolute atomic E-state index is 0.0440. The fourth-order valence-corrected chi connectivity index (χ4v) is 6.54. The molecule has 3 rings (SSSR count). The molecule has 0 aromatic carbocycles. The van der Waals surface area contributed by atoms with Gasteiger partial charge in [0, 0.05) is 33.3 Å². The van der Waals surface area contributed by atoms with Crippen LogP contribution in [-0.2, 0) is 52.3 Å². The number of methoxy groups -OCH3 is 1. The molecule has 0 aromatic heterocycles. The van der Waals surface area contributed by atoms with Crippen molar-refractivity contribution in [3.05, 3.63) is 0 Å². The molecule has 3 aliphatic rings. The zero-order chi connectivity index (χ0) is 41.2. The predicted molar refractivity (Wildman–Crippen MR) is 176 cm³/mol. The molecule has 0 spiro atoms. The van der Waals surface area contributed by atoms with Gasteiger partial charge in [0.2, 0.25) is 11.8 Å². The lowest BCUT2D eigenvalue weighted by Gasteiger charge is -2.51. The molecule has 0 aromatic rings. The molecule has 0 saturated carbocycles. The van der Waals surface area contributed by atoms with E-state index >= 15 is 0 Å². The van der Waals surface area contributed by atoms with Gasteiger partial charge in [-0.3, -0.25) is 14.4 Å². The third-order valence-electron chi connectivity index (χ3n) is 9.38. The number of esters is 1. The smallest absolute Gasteiger partial charge is 0.364 e. The van der Waals surface area contributed by atoms with Crippen LogP contribution in [0.1, 0.15) is 46.0 Å². The average Bonchev–Trinajstić information content (AvgIpc) is 3.14. The molecular weight excluding hydrogens is 748 g/mol. The third kappa shape index (κ3) is 11.7. The van der Waals surface area contributed by atoms with Crippen LogP contribution >= 0.6 is 0 Å². The Morgan fingerprint density at radius 1 is 0.818 bits per heavy atom. The summed E-state index contributed by atoms with van der Waals surface area (Å²) in [5.74, 6) is -6.79. The van der Waals surface area contributed by atoms with E-state index in [9.17, 15) is 70.2 Å². The maximum atomic E-state index is 12.8. The zero-order valence-electron chi connectivity index (χ0n) is 30.5. The summed E-state index contributed by atoms with van der Waals surface area (Å²) < 4.78 is 38.8. The highest BCUT2D eigenvalue weighted by molar-refractivity contribution is 5.76. The van der Waals surface area contributed by atoms with Crippen molar-refractivity contribution >= 4 is 23.8 Å². The summed E-state index contributed by atoms with van der Waals surface area (Å²) in [4.78, 5) is 48.1. The van der Waals surface area contributed by atoms with Crippen molar-refractivity contribution in [2.45, 2.75) is 144 Å². The van der Waals surface area contributed by atoms with Crippen LogP contribution in [0.25, 0.3) is 0 Å². The number of ether oxygens (including phenoxy) is 7. The number of carbonyl (C=O) groups excluding carboxylic acids is 3. The predicted octanol–water partition coefficient (Wildman–Crippen LogP) is -6.32. The number of hydrogen-bond acceptors (Lipinski definition) is 20. The number of hydrogen-bond donors (Lipinski definition) is 12. The number of carboxylic acids is 1. The normalized spacial score (nSPS) is 37.7. The number of carboxylic acid groups (broad SMARTS) is 1. The molecule has 55 heavy (non-hydrogen) atoms. The van der Waals surface area contributed by atoms with Crippen LogP contribution in [0.5, 0.6) is 0 Å². The average molecular weight is 803 g/mol. The van der Waals surface area contributed by atoms with Crippen LogP contribution in [0.3, 0.4) is 0 Å². The lowest BCUT2D eigenvalue weighted by Crippen LogP contribution is -2.71. The Hall–Kier alpha value is -2.72. The van der Waals surface area contributed by atoms with Gasteiger partial charge in [-0.05, 0) is 12.8 Å². The van der Waals surface area contributed by atoms with Gasteiger partial charge >= 0.3 is 11.9 Å². The van der Waals surface area contributed by atoms with Gasteiger partial charge in [0.1, 0.15) is 67.1 Å². The van der Waals surface area contributed by atoms with Crippen LogP contribution in [0.4, 0.5) is 0 Å². The fraction of sp³-hybridized carbons (Fsp3) is 0.875. The molecule has 3 heterocycles. The molecule has 23 heteroatoms. The largest absolute Gasteiger partial charge is 0.477 e. The number of aliphatic carboxylic acids is 1. The van der Waals surface area contributed by atoms with E-state index < -0.39 is 142 Å². The summed E-state index contributed by atoms with van der Waals surface area (Å²) in [5.41, 5.74) is 0. The van der Waals surface area contributed by atoms with Gasteiger partial charge in [0.25, 0.3) is 5.79 Å². The Bertz CT molecular complexity index is 1260. The number of nitrogens with one attached hydrogen (secondary N) is 2. The van der Waals surface area contributed by atoms with Crippen molar-refractivity contribution in [1.29, 1.82) is 0 Å². The lowest BCUT2D eigenvalue weighted by molar-refractivity contribution is -0.382. The van der Waals surface area contributed by atoms with E-state index in [1.165, 1.54) is 7.11 Å². The SMILES string of the molecule is COC(=O)CCCCCO[C@@H]1O[C@H](CO)[C@@H](O[C@@H]2O[C@H](CO)[C@H](O)[C@H](O[C@]3(C(=O)O)C[C@H](O)[C@@H](NC(C)=O)[C@H]([C@H](O)[C@H](O)CO)O3)[C@H]2O)[C@H](O)[C@H]1NC(C)=O. The molecule has 23 nitrogen and oxygen atoms in total. The number of aliphatic hydroxyl groups is 9. The van der Waals surface area contributed by atoms with E-state index in [2.05, 4.69) is 15.4 Å². The highest BCUT2D eigenvalue weighted by Gasteiger charge is 2.60. The van der Waals surface area contributed by atoms with Gasteiger partial charge < -0.3 is 94.9 Å². The maximum absolute atomic E-state index is 12.8. The second-order valence-electron chi connectivity index (χ2n) is 13.5. The highest BCUT2D eigenvalue weighted by atomic mass is 16.8. The van der Waals surface area contributed by atoms with Gasteiger partial charge in [-0.15, -0.1) is 0 Å². The van der Waals surface area contributed by atoms with E-state index in [4.69, 9.17) is 28.4 Å². The molecule has 3 saturated heterocycles. The Morgan fingerprint density at radius 2 is 1.44 bits per heavy atom.